The molecule has 0 aromatic carbocycles. The van der Waals surface area contributed by atoms with E-state index in [0.29, 0.717) is 17.9 Å². The molecule has 0 fully saturated rings. The number of pyridine rings is 1. The van der Waals surface area contributed by atoms with Crippen LogP contribution in [0.25, 0.3) is 6.08 Å². The van der Waals surface area contributed by atoms with Gasteiger partial charge in [-0.15, -0.1) is 11.6 Å². The van der Waals surface area contributed by atoms with Gasteiger partial charge in [0.15, 0.2) is 0 Å². The Kier molecular flexibility index (Phi) is 3.83. The number of aromatic nitrogens is 1. The molecule has 1 nitrogen and oxygen atoms in total. The highest BCUT2D eigenvalue weighted by atomic mass is 35.5. The van der Waals surface area contributed by atoms with Crippen LogP contribution in [0, 0.1) is 11.9 Å². The number of hydrogen-bond donors (Lipinski definition) is 0. The monoisotopic (exact) mass is 203 g/mol. The number of halogens is 3. The van der Waals surface area contributed by atoms with Crippen LogP contribution in [0.1, 0.15) is 12.0 Å². The molecule has 1 rings (SSSR count). The van der Waals surface area contributed by atoms with Gasteiger partial charge in [-0.05, 0) is 12.0 Å². The fourth-order valence-electron chi connectivity index (χ4n) is 0.862. The van der Waals surface area contributed by atoms with Gasteiger partial charge >= 0.3 is 0 Å². The van der Waals surface area contributed by atoms with Crippen molar-refractivity contribution in [3.05, 3.63) is 35.7 Å². The second-order valence-corrected chi connectivity index (χ2v) is 2.80. The molecule has 0 saturated heterocycles. The standard InChI is InChI=1S/C9H8ClF2N/c10-4-2-1-3-7-5-8(11)13-9(12)6-7/h1,3,5-6H,2,4H2. The minimum Gasteiger partial charge on any atom is -0.191 e. The minimum absolute atomic E-state index is 0.454. The van der Waals surface area contributed by atoms with E-state index in [1.165, 1.54) is 0 Å². The molecule has 0 aliphatic carbocycles. The number of allylic oxidation sites excluding steroid dienone is 1. The normalized spacial score (nSPS) is 11.0. The molecule has 0 atom stereocenters. The number of nitrogens with zero attached hydrogens (tertiary/aromatic N) is 1. The van der Waals surface area contributed by atoms with Crippen molar-refractivity contribution in [3.63, 3.8) is 0 Å². The van der Waals surface area contributed by atoms with E-state index in [9.17, 15) is 8.78 Å². The summed E-state index contributed by atoms with van der Waals surface area (Å²) in [6, 6.07) is 2.32. The van der Waals surface area contributed by atoms with E-state index >= 15 is 0 Å². The summed E-state index contributed by atoms with van der Waals surface area (Å²) >= 11 is 5.42. The molecule has 0 unspecified atom stereocenters. The molecule has 1 aromatic rings. The van der Waals surface area contributed by atoms with Crippen molar-refractivity contribution in [1.29, 1.82) is 0 Å². The summed E-state index contributed by atoms with van der Waals surface area (Å²) in [5, 5.41) is 0. The highest BCUT2D eigenvalue weighted by Gasteiger charge is 1.97. The molecule has 0 aliphatic heterocycles. The van der Waals surface area contributed by atoms with Crippen LogP contribution in [0.5, 0.6) is 0 Å². The summed E-state index contributed by atoms with van der Waals surface area (Å²) in [5.41, 5.74) is 0.454. The van der Waals surface area contributed by atoms with E-state index in [2.05, 4.69) is 4.98 Å². The maximum absolute atomic E-state index is 12.5. The molecule has 70 valence electrons. The maximum Gasteiger partial charge on any atom is 0.216 e. The third kappa shape index (κ3) is 3.51. The molecule has 0 bridgehead atoms. The molecule has 0 saturated carbocycles. The van der Waals surface area contributed by atoms with Gasteiger partial charge in [-0.2, -0.15) is 13.8 Å². The molecule has 0 spiro atoms. The Labute approximate surface area is 80.1 Å². The zero-order chi connectivity index (χ0) is 9.68. The first kappa shape index (κ1) is 10.1. The Morgan fingerprint density at radius 1 is 1.31 bits per heavy atom. The van der Waals surface area contributed by atoms with Crippen LogP contribution >= 0.6 is 11.6 Å². The summed E-state index contributed by atoms with van der Waals surface area (Å²) in [7, 11) is 0. The number of rotatable bonds is 3. The molecule has 0 radical (unpaired) electrons. The van der Waals surface area contributed by atoms with Crippen LogP contribution in [-0.4, -0.2) is 10.9 Å². The Morgan fingerprint density at radius 3 is 2.46 bits per heavy atom. The van der Waals surface area contributed by atoms with E-state index < -0.39 is 11.9 Å². The summed E-state index contributed by atoms with van der Waals surface area (Å²) in [6.07, 6.45) is 4.03. The largest absolute Gasteiger partial charge is 0.216 e. The minimum atomic E-state index is -0.814. The summed E-state index contributed by atoms with van der Waals surface area (Å²) < 4.78 is 25.1. The van der Waals surface area contributed by atoms with E-state index in [4.69, 9.17) is 11.6 Å². The third-order valence-corrected chi connectivity index (χ3v) is 1.59. The Bertz CT molecular complexity index is 292. The van der Waals surface area contributed by atoms with Crippen molar-refractivity contribution in [3.8, 4) is 0 Å². The third-order valence-electron chi connectivity index (χ3n) is 1.37. The lowest BCUT2D eigenvalue weighted by Gasteiger charge is -1.93. The van der Waals surface area contributed by atoms with Crippen LogP contribution in [0.3, 0.4) is 0 Å². The van der Waals surface area contributed by atoms with Crippen LogP contribution in [0.2, 0.25) is 0 Å². The van der Waals surface area contributed by atoms with Crippen molar-refractivity contribution in [2.45, 2.75) is 6.42 Å². The second kappa shape index (κ2) is 4.92. The zero-order valence-corrected chi connectivity index (χ0v) is 7.56. The van der Waals surface area contributed by atoms with Gasteiger partial charge in [-0.25, -0.2) is 0 Å². The van der Waals surface area contributed by atoms with Gasteiger partial charge in [0.2, 0.25) is 11.9 Å². The summed E-state index contributed by atoms with van der Waals surface area (Å²) in [5.74, 6) is -1.14. The molecule has 13 heavy (non-hydrogen) atoms. The average molecular weight is 204 g/mol. The molecular weight excluding hydrogens is 196 g/mol. The van der Waals surface area contributed by atoms with Crippen molar-refractivity contribution < 1.29 is 8.78 Å². The fraction of sp³-hybridized carbons (Fsp3) is 0.222. The topological polar surface area (TPSA) is 12.9 Å². The van der Waals surface area contributed by atoms with Crippen LogP contribution < -0.4 is 0 Å². The van der Waals surface area contributed by atoms with Gasteiger partial charge in [0, 0.05) is 18.0 Å². The predicted octanol–water partition coefficient (Wildman–Crippen LogP) is 3.00. The van der Waals surface area contributed by atoms with Gasteiger partial charge in [0.05, 0.1) is 0 Å². The van der Waals surface area contributed by atoms with Crippen LogP contribution in [-0.2, 0) is 0 Å². The van der Waals surface area contributed by atoms with E-state index in [0.717, 1.165) is 12.1 Å². The van der Waals surface area contributed by atoms with E-state index in [1.54, 1.807) is 12.2 Å². The fourth-order valence-corrected chi connectivity index (χ4v) is 0.988. The molecule has 4 heteroatoms. The lowest BCUT2D eigenvalue weighted by atomic mass is 10.2. The van der Waals surface area contributed by atoms with Crippen molar-refractivity contribution in [2.24, 2.45) is 0 Å². The van der Waals surface area contributed by atoms with Gasteiger partial charge in [-0.1, -0.05) is 12.2 Å². The quantitative estimate of drug-likeness (QED) is 0.544. The first-order chi connectivity index (χ1) is 6.22. The van der Waals surface area contributed by atoms with E-state index in [1.807, 2.05) is 0 Å². The Morgan fingerprint density at radius 2 is 1.92 bits per heavy atom. The van der Waals surface area contributed by atoms with Gasteiger partial charge in [0.1, 0.15) is 0 Å². The smallest absolute Gasteiger partial charge is 0.191 e. The average Bonchev–Trinajstić information content (AvgIpc) is 2.03. The van der Waals surface area contributed by atoms with E-state index in [-0.39, 0.29) is 0 Å². The maximum atomic E-state index is 12.5. The molecular formula is C9H8ClF2N. The van der Waals surface area contributed by atoms with Crippen LogP contribution in [0.4, 0.5) is 8.78 Å². The molecule has 0 amide bonds. The first-order valence-corrected chi connectivity index (χ1v) is 4.31. The van der Waals surface area contributed by atoms with Crippen molar-refractivity contribution in [1.82, 2.24) is 4.98 Å². The molecule has 0 N–H and O–H groups in total. The zero-order valence-electron chi connectivity index (χ0n) is 6.80. The van der Waals surface area contributed by atoms with Gasteiger partial charge in [-0.3, -0.25) is 0 Å². The highest BCUT2D eigenvalue weighted by molar-refractivity contribution is 6.17. The lowest BCUT2D eigenvalue weighted by Crippen LogP contribution is -1.88. The lowest BCUT2D eigenvalue weighted by molar-refractivity contribution is 0.512. The summed E-state index contributed by atoms with van der Waals surface area (Å²) in [4.78, 5) is 2.97. The van der Waals surface area contributed by atoms with Gasteiger partial charge in [0.25, 0.3) is 0 Å². The van der Waals surface area contributed by atoms with Crippen molar-refractivity contribution in [2.75, 3.05) is 5.88 Å². The number of alkyl halides is 1. The molecule has 1 aromatic heterocycles. The SMILES string of the molecule is Fc1cc(C=CCCCl)cc(F)n1. The summed E-state index contributed by atoms with van der Waals surface area (Å²) in [6.45, 7) is 0. The number of hydrogen-bond acceptors (Lipinski definition) is 1. The Balaban J connectivity index is 2.77. The predicted molar refractivity (Wildman–Crippen MR) is 48.5 cm³/mol. The van der Waals surface area contributed by atoms with Crippen molar-refractivity contribution >= 4 is 17.7 Å². The highest BCUT2D eigenvalue weighted by Crippen LogP contribution is 2.06. The second-order valence-electron chi connectivity index (χ2n) is 2.43. The van der Waals surface area contributed by atoms with Crippen LogP contribution in [0.15, 0.2) is 18.2 Å². The van der Waals surface area contributed by atoms with Gasteiger partial charge < -0.3 is 0 Å². The molecule has 0 aliphatic rings. The Hall–Kier alpha value is -0.960. The molecule has 1 heterocycles. The first-order valence-electron chi connectivity index (χ1n) is 3.78.